The minimum Gasteiger partial charge on any atom is -0.489 e. The van der Waals surface area contributed by atoms with E-state index in [9.17, 15) is 4.79 Å². The molecule has 0 saturated carbocycles. The van der Waals surface area contributed by atoms with Gasteiger partial charge in [-0.1, -0.05) is 30.3 Å². The summed E-state index contributed by atoms with van der Waals surface area (Å²) in [4.78, 5) is 16.9. The zero-order chi connectivity index (χ0) is 20.2. The fourth-order valence-electron chi connectivity index (χ4n) is 3.56. The molecule has 0 spiro atoms. The van der Waals surface area contributed by atoms with Gasteiger partial charge >= 0.3 is 0 Å². The highest BCUT2D eigenvalue weighted by Gasteiger charge is 2.25. The lowest BCUT2D eigenvalue weighted by molar-refractivity contribution is 0.0718. The van der Waals surface area contributed by atoms with Gasteiger partial charge in [0.15, 0.2) is 0 Å². The van der Waals surface area contributed by atoms with E-state index in [1.807, 2.05) is 73.6 Å². The van der Waals surface area contributed by atoms with Gasteiger partial charge in [-0.25, -0.2) is 0 Å². The molecule has 4 rings (SSSR count). The summed E-state index contributed by atoms with van der Waals surface area (Å²) in [6, 6.07) is 19.5. The molecule has 0 fully saturated rings. The molecule has 0 aliphatic carbocycles. The number of carbonyl (C=O) groups is 1. The Hall–Kier alpha value is -2.76. The smallest absolute Gasteiger partial charge is 0.254 e. The fraction of sp³-hybridized carbons (Fsp3) is 0.292. The van der Waals surface area contributed by atoms with Crippen LogP contribution >= 0.6 is 12.4 Å². The number of fused-ring (bicyclic) bond motifs is 1. The number of hydrogen-bond donors (Lipinski definition) is 0. The molecule has 6 heteroatoms. The molecule has 158 valence electrons. The molecule has 0 atom stereocenters. The largest absolute Gasteiger partial charge is 0.489 e. The molecular weight excluding hydrogens is 400 g/mol. The molecule has 1 amide bonds. The van der Waals surface area contributed by atoms with Crippen molar-refractivity contribution in [2.24, 2.45) is 0 Å². The third-order valence-corrected chi connectivity index (χ3v) is 5.04. The quantitative estimate of drug-likeness (QED) is 0.580. The SMILES string of the molecule is CN(C)Cc1cc2c(o1)CN(C(=O)c1ccc(OCc3ccccc3)cc1)CC2.Cl. The van der Waals surface area contributed by atoms with Crippen molar-refractivity contribution in [3.05, 3.63) is 88.9 Å². The summed E-state index contributed by atoms with van der Waals surface area (Å²) in [5.74, 6) is 2.64. The Morgan fingerprint density at radius 2 is 1.83 bits per heavy atom. The number of halogens is 1. The molecule has 3 aromatic rings. The average Bonchev–Trinajstić information content (AvgIpc) is 3.13. The first-order valence-corrected chi connectivity index (χ1v) is 9.90. The van der Waals surface area contributed by atoms with Gasteiger partial charge in [0.05, 0.1) is 13.1 Å². The van der Waals surface area contributed by atoms with Crippen molar-refractivity contribution >= 4 is 18.3 Å². The van der Waals surface area contributed by atoms with Gasteiger partial charge in [-0.15, -0.1) is 12.4 Å². The monoisotopic (exact) mass is 426 g/mol. The topological polar surface area (TPSA) is 45.9 Å². The summed E-state index contributed by atoms with van der Waals surface area (Å²) in [5.41, 5.74) is 3.00. The lowest BCUT2D eigenvalue weighted by Gasteiger charge is -2.26. The first kappa shape index (κ1) is 21.9. The van der Waals surface area contributed by atoms with Crippen LogP contribution in [0.5, 0.6) is 5.75 Å². The van der Waals surface area contributed by atoms with Gasteiger partial charge in [-0.3, -0.25) is 4.79 Å². The number of rotatable bonds is 6. The summed E-state index contributed by atoms with van der Waals surface area (Å²) < 4.78 is 11.8. The van der Waals surface area contributed by atoms with Crippen molar-refractivity contribution in [3.8, 4) is 5.75 Å². The maximum Gasteiger partial charge on any atom is 0.254 e. The number of nitrogens with zero attached hydrogens (tertiary/aromatic N) is 2. The number of hydrogen-bond acceptors (Lipinski definition) is 4. The third kappa shape index (κ3) is 5.23. The lowest BCUT2D eigenvalue weighted by atomic mass is 10.1. The van der Waals surface area contributed by atoms with E-state index in [2.05, 4.69) is 11.0 Å². The second kappa shape index (κ2) is 9.83. The normalized spacial score (nSPS) is 13.0. The summed E-state index contributed by atoms with van der Waals surface area (Å²) >= 11 is 0. The van der Waals surface area contributed by atoms with Gasteiger partial charge in [0.2, 0.25) is 0 Å². The summed E-state index contributed by atoms with van der Waals surface area (Å²) in [6.07, 6.45) is 0.830. The molecule has 2 heterocycles. The van der Waals surface area contributed by atoms with Gasteiger partial charge in [0.1, 0.15) is 23.9 Å². The van der Waals surface area contributed by atoms with Crippen molar-refractivity contribution < 1.29 is 13.9 Å². The zero-order valence-corrected chi connectivity index (χ0v) is 18.2. The van der Waals surface area contributed by atoms with Crippen molar-refractivity contribution in [2.45, 2.75) is 26.1 Å². The highest BCUT2D eigenvalue weighted by atomic mass is 35.5. The Bertz CT molecular complexity index is 968. The molecule has 1 aliphatic rings. The first-order chi connectivity index (χ1) is 14.1. The van der Waals surface area contributed by atoms with Crippen LogP contribution in [0, 0.1) is 0 Å². The van der Waals surface area contributed by atoms with Crippen LogP contribution in [-0.2, 0) is 26.1 Å². The summed E-state index contributed by atoms with van der Waals surface area (Å²) in [6.45, 7) is 2.51. The predicted octanol–water partition coefficient (Wildman–Crippen LogP) is 4.54. The molecule has 1 aromatic heterocycles. The molecule has 0 bridgehead atoms. The van der Waals surface area contributed by atoms with E-state index in [-0.39, 0.29) is 18.3 Å². The van der Waals surface area contributed by atoms with E-state index in [1.54, 1.807) is 0 Å². The highest BCUT2D eigenvalue weighted by Crippen LogP contribution is 2.25. The molecule has 0 unspecified atom stereocenters. The Morgan fingerprint density at radius 1 is 1.10 bits per heavy atom. The van der Waals surface area contributed by atoms with Crippen LogP contribution in [0.15, 0.2) is 65.1 Å². The first-order valence-electron chi connectivity index (χ1n) is 9.90. The molecule has 2 aromatic carbocycles. The molecule has 30 heavy (non-hydrogen) atoms. The Balaban J connectivity index is 0.00000256. The second-order valence-electron chi connectivity index (χ2n) is 7.67. The highest BCUT2D eigenvalue weighted by molar-refractivity contribution is 5.94. The molecule has 5 nitrogen and oxygen atoms in total. The number of benzene rings is 2. The van der Waals surface area contributed by atoms with Crippen molar-refractivity contribution in [2.75, 3.05) is 20.6 Å². The standard InChI is InChI=1S/C24H26N2O3.ClH/c1-25(2)15-22-14-20-12-13-26(16-23(20)29-22)24(27)19-8-10-21(11-9-19)28-17-18-6-4-3-5-7-18;/h3-11,14H,12-13,15-17H2,1-2H3;1H. The third-order valence-electron chi connectivity index (χ3n) is 5.04. The van der Waals surface area contributed by atoms with E-state index in [0.717, 1.165) is 35.8 Å². The average molecular weight is 427 g/mol. The van der Waals surface area contributed by atoms with Crippen molar-refractivity contribution in [1.29, 1.82) is 0 Å². The summed E-state index contributed by atoms with van der Waals surface area (Å²) in [7, 11) is 4.04. The van der Waals surface area contributed by atoms with Crippen molar-refractivity contribution in [3.63, 3.8) is 0 Å². The Labute approximate surface area is 183 Å². The van der Waals surface area contributed by atoms with Crippen LogP contribution in [-0.4, -0.2) is 36.3 Å². The van der Waals surface area contributed by atoms with Crippen LogP contribution in [0.1, 0.15) is 33.0 Å². The molecule has 0 saturated heterocycles. The molecule has 0 N–H and O–H groups in total. The Morgan fingerprint density at radius 3 is 2.53 bits per heavy atom. The van der Waals surface area contributed by atoms with Gasteiger partial charge in [-0.2, -0.15) is 0 Å². The van der Waals surface area contributed by atoms with Crippen LogP contribution in [0.3, 0.4) is 0 Å². The van der Waals surface area contributed by atoms with Crippen molar-refractivity contribution in [1.82, 2.24) is 9.80 Å². The van der Waals surface area contributed by atoms with Gasteiger partial charge in [-0.05, 0) is 62.0 Å². The lowest BCUT2D eigenvalue weighted by Crippen LogP contribution is -2.35. The number of amides is 1. The number of carbonyl (C=O) groups excluding carboxylic acids is 1. The van der Waals surface area contributed by atoms with Crippen LogP contribution in [0.25, 0.3) is 0 Å². The van der Waals surface area contributed by atoms with E-state index in [4.69, 9.17) is 9.15 Å². The van der Waals surface area contributed by atoms with Crippen LogP contribution < -0.4 is 4.74 Å². The minimum atomic E-state index is 0. The maximum absolute atomic E-state index is 12.9. The number of ether oxygens (including phenoxy) is 1. The van der Waals surface area contributed by atoms with Gasteiger partial charge in [0.25, 0.3) is 5.91 Å². The predicted molar refractivity (Wildman–Crippen MR) is 119 cm³/mol. The van der Waals surface area contributed by atoms with Crippen LogP contribution in [0.4, 0.5) is 0 Å². The van der Waals surface area contributed by atoms with E-state index in [1.165, 1.54) is 5.56 Å². The van der Waals surface area contributed by atoms with Gasteiger partial charge in [0, 0.05) is 12.1 Å². The minimum absolute atomic E-state index is 0. The zero-order valence-electron chi connectivity index (χ0n) is 17.3. The van der Waals surface area contributed by atoms with E-state index < -0.39 is 0 Å². The fourth-order valence-corrected chi connectivity index (χ4v) is 3.56. The maximum atomic E-state index is 12.9. The molecule has 1 aliphatic heterocycles. The van der Waals surface area contributed by atoms with E-state index in [0.29, 0.717) is 25.3 Å². The second-order valence-corrected chi connectivity index (χ2v) is 7.67. The van der Waals surface area contributed by atoms with Gasteiger partial charge < -0.3 is 19.0 Å². The van der Waals surface area contributed by atoms with E-state index >= 15 is 0 Å². The van der Waals surface area contributed by atoms with Crippen LogP contribution in [0.2, 0.25) is 0 Å². The summed E-state index contributed by atoms with van der Waals surface area (Å²) in [5, 5.41) is 0. The Kier molecular flexibility index (Phi) is 7.19. The molecular formula is C24H27ClN2O3. The molecule has 0 radical (unpaired) electrons. The number of furan rings is 1.